The van der Waals surface area contributed by atoms with Gasteiger partial charge in [0.2, 0.25) is 0 Å². The molecule has 0 aliphatic heterocycles. The van der Waals surface area contributed by atoms with Crippen molar-refractivity contribution >= 4 is 33.5 Å². The van der Waals surface area contributed by atoms with E-state index in [1.54, 1.807) is 0 Å². The molecule has 0 radical (unpaired) electrons. The molecule has 20 heavy (non-hydrogen) atoms. The monoisotopic (exact) mass is 346 g/mol. The molecule has 1 aromatic rings. The van der Waals surface area contributed by atoms with Gasteiger partial charge in [0.25, 0.3) is 11.6 Å². The minimum Gasteiger partial charge on any atom is -0.479 e. The Bertz CT molecular complexity index is 572. The molecule has 1 rings (SSSR count). The number of nitrogens with one attached hydrogen (secondary N) is 1. The second-order valence-electron chi connectivity index (χ2n) is 4.18. The van der Waals surface area contributed by atoms with Crippen LogP contribution in [0, 0.1) is 10.1 Å². The van der Waals surface area contributed by atoms with E-state index in [0.29, 0.717) is 0 Å². The van der Waals surface area contributed by atoms with Gasteiger partial charge in [-0.2, -0.15) is 0 Å². The van der Waals surface area contributed by atoms with Crippen LogP contribution in [0.2, 0.25) is 0 Å². The first-order chi connectivity index (χ1) is 9.15. The van der Waals surface area contributed by atoms with Crippen LogP contribution >= 0.6 is 15.9 Å². The van der Waals surface area contributed by atoms with Gasteiger partial charge in [-0.25, -0.2) is 4.79 Å². The van der Waals surface area contributed by atoms with Crippen molar-refractivity contribution < 1.29 is 24.7 Å². The minimum absolute atomic E-state index is 0.0129. The number of carbonyl (C=O) groups excluding carboxylic acids is 1. The summed E-state index contributed by atoms with van der Waals surface area (Å²) in [4.78, 5) is 32.5. The van der Waals surface area contributed by atoms with Gasteiger partial charge in [-0.05, 0) is 35.0 Å². The highest BCUT2D eigenvalue weighted by Gasteiger charge is 2.30. The lowest BCUT2D eigenvalue weighted by atomic mass is 10.1. The van der Waals surface area contributed by atoms with Gasteiger partial charge in [-0.3, -0.25) is 14.9 Å². The molecule has 0 saturated heterocycles. The number of nitro groups is 1. The molecular weight excluding hydrogens is 336 g/mol. The van der Waals surface area contributed by atoms with E-state index in [2.05, 4.69) is 21.2 Å². The number of aliphatic hydroxyl groups is 1. The Morgan fingerprint density at radius 1 is 1.50 bits per heavy atom. The van der Waals surface area contributed by atoms with Crippen molar-refractivity contribution in [3.05, 3.63) is 38.3 Å². The van der Waals surface area contributed by atoms with Crippen molar-refractivity contribution in [3.63, 3.8) is 0 Å². The van der Waals surface area contributed by atoms with Gasteiger partial charge >= 0.3 is 5.97 Å². The van der Waals surface area contributed by atoms with Crippen molar-refractivity contribution in [1.82, 2.24) is 5.32 Å². The van der Waals surface area contributed by atoms with E-state index in [4.69, 9.17) is 5.11 Å². The number of hydrogen-bond donors (Lipinski definition) is 3. The molecule has 0 fully saturated rings. The quantitative estimate of drug-likeness (QED) is 0.536. The smallest absolute Gasteiger partial charge is 0.337 e. The standard InChI is InChI=1S/C11H11BrN2O6/c1-11(18,10(16)17)5-13-9(15)6-2-3-7(12)8(4-6)14(19)20/h2-4,18H,5H2,1H3,(H,13,15)(H,16,17). The summed E-state index contributed by atoms with van der Waals surface area (Å²) < 4.78 is 0.219. The first kappa shape index (κ1) is 16.1. The van der Waals surface area contributed by atoms with Crippen LogP contribution in [0.1, 0.15) is 17.3 Å². The van der Waals surface area contributed by atoms with Crippen molar-refractivity contribution in [3.8, 4) is 0 Å². The highest BCUT2D eigenvalue weighted by molar-refractivity contribution is 9.10. The second kappa shape index (κ2) is 5.97. The number of carbonyl (C=O) groups is 2. The fourth-order valence-corrected chi connectivity index (χ4v) is 1.62. The molecule has 0 heterocycles. The summed E-state index contributed by atoms with van der Waals surface area (Å²) in [5.41, 5.74) is -2.42. The lowest BCUT2D eigenvalue weighted by Crippen LogP contribution is -2.46. The molecule has 8 nitrogen and oxygen atoms in total. The number of hydrogen-bond acceptors (Lipinski definition) is 5. The first-order valence-electron chi connectivity index (χ1n) is 5.33. The van der Waals surface area contributed by atoms with E-state index in [9.17, 15) is 24.8 Å². The van der Waals surface area contributed by atoms with Gasteiger partial charge in [-0.15, -0.1) is 0 Å². The highest BCUT2D eigenvalue weighted by atomic mass is 79.9. The molecule has 1 unspecified atom stereocenters. The van der Waals surface area contributed by atoms with E-state index in [1.807, 2.05) is 0 Å². The van der Waals surface area contributed by atoms with E-state index in [0.717, 1.165) is 13.0 Å². The van der Waals surface area contributed by atoms with E-state index in [1.165, 1.54) is 12.1 Å². The van der Waals surface area contributed by atoms with Crippen LogP contribution in [-0.4, -0.2) is 39.2 Å². The predicted octanol–water partition coefficient (Wildman–Crippen LogP) is 0.923. The zero-order chi connectivity index (χ0) is 15.5. The Hall–Kier alpha value is -2.00. The summed E-state index contributed by atoms with van der Waals surface area (Å²) in [7, 11) is 0. The molecule has 1 atom stereocenters. The summed E-state index contributed by atoms with van der Waals surface area (Å²) in [5, 5.41) is 31.1. The second-order valence-corrected chi connectivity index (χ2v) is 5.04. The Balaban J connectivity index is 2.86. The minimum atomic E-state index is -2.11. The number of nitrogens with zero attached hydrogens (tertiary/aromatic N) is 1. The maximum absolute atomic E-state index is 11.7. The van der Waals surface area contributed by atoms with Gasteiger partial charge in [0.15, 0.2) is 5.60 Å². The fraction of sp³-hybridized carbons (Fsp3) is 0.273. The normalized spacial score (nSPS) is 13.3. The SMILES string of the molecule is CC(O)(CNC(=O)c1ccc(Br)c([N+](=O)[O-])c1)C(=O)O. The van der Waals surface area contributed by atoms with Gasteiger partial charge in [0.1, 0.15) is 0 Å². The molecule has 0 aromatic heterocycles. The average Bonchev–Trinajstić information content (AvgIpc) is 2.36. The lowest BCUT2D eigenvalue weighted by molar-refractivity contribution is -0.385. The Kier molecular flexibility index (Phi) is 4.79. The van der Waals surface area contributed by atoms with Crippen LogP contribution in [-0.2, 0) is 4.79 Å². The van der Waals surface area contributed by atoms with Crippen LogP contribution in [0.5, 0.6) is 0 Å². The van der Waals surface area contributed by atoms with E-state index in [-0.39, 0.29) is 15.7 Å². The van der Waals surface area contributed by atoms with Crippen LogP contribution in [0.4, 0.5) is 5.69 Å². The number of carboxylic acids is 1. The Labute approximate surface area is 121 Å². The fourth-order valence-electron chi connectivity index (χ4n) is 1.22. The summed E-state index contributed by atoms with van der Waals surface area (Å²) in [6, 6.07) is 3.72. The van der Waals surface area contributed by atoms with Crippen molar-refractivity contribution in [1.29, 1.82) is 0 Å². The summed E-state index contributed by atoms with van der Waals surface area (Å²) in [6.07, 6.45) is 0. The molecule has 108 valence electrons. The maximum atomic E-state index is 11.7. The Morgan fingerprint density at radius 3 is 2.60 bits per heavy atom. The number of benzene rings is 1. The molecule has 1 aromatic carbocycles. The lowest BCUT2D eigenvalue weighted by Gasteiger charge is -2.18. The third kappa shape index (κ3) is 3.75. The molecule has 0 spiro atoms. The molecule has 3 N–H and O–H groups in total. The molecule has 0 saturated carbocycles. The van der Waals surface area contributed by atoms with Crippen LogP contribution in [0.25, 0.3) is 0 Å². The highest BCUT2D eigenvalue weighted by Crippen LogP contribution is 2.25. The maximum Gasteiger partial charge on any atom is 0.337 e. The van der Waals surface area contributed by atoms with Gasteiger partial charge in [-0.1, -0.05) is 0 Å². The molecular formula is C11H11BrN2O6. The van der Waals surface area contributed by atoms with Gasteiger partial charge < -0.3 is 15.5 Å². The third-order valence-corrected chi connectivity index (χ3v) is 3.13. The summed E-state index contributed by atoms with van der Waals surface area (Å²) in [6.45, 7) is 0.505. The summed E-state index contributed by atoms with van der Waals surface area (Å²) in [5.74, 6) is -2.21. The zero-order valence-electron chi connectivity index (χ0n) is 10.3. The molecule has 0 bridgehead atoms. The van der Waals surface area contributed by atoms with Crippen molar-refractivity contribution in [2.45, 2.75) is 12.5 Å². The average molecular weight is 347 g/mol. The number of rotatable bonds is 5. The van der Waals surface area contributed by atoms with Crippen LogP contribution in [0.15, 0.2) is 22.7 Å². The largest absolute Gasteiger partial charge is 0.479 e. The van der Waals surface area contributed by atoms with Crippen LogP contribution < -0.4 is 5.32 Å². The number of nitro benzene ring substituents is 1. The number of amides is 1. The molecule has 0 aliphatic rings. The van der Waals surface area contributed by atoms with Crippen molar-refractivity contribution in [2.24, 2.45) is 0 Å². The van der Waals surface area contributed by atoms with Gasteiger partial charge in [0, 0.05) is 11.6 Å². The number of halogens is 1. The zero-order valence-corrected chi connectivity index (χ0v) is 11.9. The Morgan fingerprint density at radius 2 is 2.10 bits per heavy atom. The third-order valence-electron chi connectivity index (χ3n) is 2.46. The summed E-state index contributed by atoms with van der Waals surface area (Å²) >= 11 is 2.98. The van der Waals surface area contributed by atoms with Gasteiger partial charge in [0.05, 0.1) is 15.9 Å². The number of carboxylic acid groups (broad SMARTS) is 1. The first-order valence-corrected chi connectivity index (χ1v) is 6.12. The molecule has 1 amide bonds. The van der Waals surface area contributed by atoms with Crippen molar-refractivity contribution in [2.75, 3.05) is 6.54 Å². The molecule has 9 heteroatoms. The molecule has 0 aliphatic carbocycles. The van der Waals surface area contributed by atoms with E-state index >= 15 is 0 Å². The topological polar surface area (TPSA) is 130 Å². The number of aliphatic carboxylic acids is 1. The van der Waals surface area contributed by atoms with E-state index < -0.39 is 28.9 Å². The predicted molar refractivity (Wildman–Crippen MR) is 71.4 cm³/mol. The van der Waals surface area contributed by atoms with Crippen LogP contribution in [0.3, 0.4) is 0 Å².